The summed E-state index contributed by atoms with van der Waals surface area (Å²) in [5, 5.41) is 21.1. The Balaban J connectivity index is 1.51. The summed E-state index contributed by atoms with van der Waals surface area (Å²) in [6, 6.07) is 26.1. The summed E-state index contributed by atoms with van der Waals surface area (Å²) in [5.41, 5.74) is 1.12. The van der Waals surface area contributed by atoms with E-state index in [9.17, 15) is 19.8 Å². The minimum absolute atomic E-state index is 0.103. The number of carbonyl (C=O) groups is 2. The molecule has 3 aromatic carbocycles. The summed E-state index contributed by atoms with van der Waals surface area (Å²) < 4.78 is 0. The normalized spacial score (nSPS) is 18.0. The van der Waals surface area contributed by atoms with Gasteiger partial charge in [0.1, 0.15) is 0 Å². The molecule has 0 bridgehead atoms. The molecule has 6 heteroatoms. The van der Waals surface area contributed by atoms with Crippen molar-refractivity contribution in [2.24, 2.45) is 5.92 Å². The van der Waals surface area contributed by atoms with Gasteiger partial charge in [-0.3, -0.25) is 14.5 Å². The lowest BCUT2D eigenvalue weighted by Crippen LogP contribution is -2.42. The first-order chi connectivity index (χ1) is 17.0. The number of nitrogens with zero attached hydrogens (tertiary/aromatic N) is 2. The van der Waals surface area contributed by atoms with Crippen LogP contribution >= 0.6 is 0 Å². The molecule has 4 rings (SSSR count). The van der Waals surface area contributed by atoms with Crippen LogP contribution in [-0.4, -0.2) is 40.1 Å². The largest absolute Gasteiger partial charge is 0.395 e. The zero-order valence-electron chi connectivity index (χ0n) is 19.7. The molecule has 0 saturated heterocycles. The topological polar surface area (TPSA) is 81.1 Å². The van der Waals surface area contributed by atoms with Crippen LogP contribution in [0.1, 0.15) is 24.5 Å². The van der Waals surface area contributed by atoms with Crippen LogP contribution in [0.3, 0.4) is 0 Å². The van der Waals surface area contributed by atoms with Gasteiger partial charge in [0, 0.05) is 36.7 Å². The molecule has 0 fully saturated rings. The van der Waals surface area contributed by atoms with Crippen molar-refractivity contribution < 1.29 is 19.8 Å². The maximum atomic E-state index is 13.6. The Kier molecular flexibility index (Phi) is 7.44. The second-order valence-electron chi connectivity index (χ2n) is 8.71. The zero-order valence-corrected chi connectivity index (χ0v) is 19.7. The molecule has 2 atom stereocenters. The van der Waals surface area contributed by atoms with Crippen molar-refractivity contribution in [1.82, 2.24) is 4.90 Å². The predicted molar refractivity (Wildman–Crippen MR) is 136 cm³/mol. The number of hydrogen-bond acceptors (Lipinski definition) is 4. The Morgan fingerprint density at radius 2 is 1.63 bits per heavy atom. The van der Waals surface area contributed by atoms with E-state index in [0.717, 1.165) is 5.56 Å². The lowest BCUT2D eigenvalue weighted by Gasteiger charge is -2.27. The molecule has 2 amide bonds. The molecule has 0 unspecified atom stereocenters. The summed E-state index contributed by atoms with van der Waals surface area (Å²) in [6.07, 6.45) is 3.52. The average molecular weight is 471 g/mol. The lowest BCUT2D eigenvalue weighted by atomic mass is 9.83. The number of carbonyl (C=O) groups excluding carboxylic acids is 2. The summed E-state index contributed by atoms with van der Waals surface area (Å²) in [7, 11) is 0. The Hall–Kier alpha value is -3.74. The van der Waals surface area contributed by atoms with Crippen LogP contribution in [0.2, 0.25) is 0 Å². The molecule has 3 aromatic rings. The standard InChI is InChI=1S/C29H30N2O4/c1-22(11-10-18-27(33)30(19-20-32)21-23-12-4-2-5-13-23)29(35)25-16-8-9-17-26(25)31(28(29)34)24-14-6-3-7-15-24/h2-17,22,32,35H,18-21H2,1H3/b11-10+/t22-,29+/m0/s1. The molecule has 1 aliphatic heterocycles. The van der Waals surface area contributed by atoms with E-state index in [1.165, 1.54) is 0 Å². The number of rotatable bonds is 9. The van der Waals surface area contributed by atoms with Crippen molar-refractivity contribution in [2.45, 2.75) is 25.5 Å². The quantitative estimate of drug-likeness (QED) is 0.460. The fraction of sp³-hybridized carbons (Fsp3) is 0.241. The summed E-state index contributed by atoms with van der Waals surface area (Å²) in [6.45, 7) is 2.29. The lowest BCUT2D eigenvalue weighted by molar-refractivity contribution is -0.138. The summed E-state index contributed by atoms with van der Waals surface area (Å²) in [4.78, 5) is 29.6. The first kappa shape index (κ1) is 24.4. The van der Waals surface area contributed by atoms with Crippen LogP contribution in [0.25, 0.3) is 0 Å². The van der Waals surface area contributed by atoms with Gasteiger partial charge in [0.05, 0.1) is 12.3 Å². The van der Waals surface area contributed by atoms with Crippen LogP contribution in [0.5, 0.6) is 0 Å². The van der Waals surface area contributed by atoms with Crippen molar-refractivity contribution in [3.8, 4) is 0 Å². The van der Waals surface area contributed by atoms with E-state index in [4.69, 9.17) is 0 Å². The Morgan fingerprint density at radius 1 is 1.00 bits per heavy atom. The SMILES string of the molecule is C[C@@H](/C=C/CC(=O)N(CCO)Cc1ccccc1)[C@]1(O)C(=O)N(c2ccccc2)c2ccccc21. The van der Waals surface area contributed by atoms with Crippen molar-refractivity contribution >= 4 is 23.2 Å². The Bertz CT molecular complexity index is 1200. The maximum absolute atomic E-state index is 13.6. The highest BCUT2D eigenvalue weighted by molar-refractivity contribution is 6.12. The van der Waals surface area contributed by atoms with E-state index in [0.29, 0.717) is 23.5 Å². The Labute approximate surface area is 205 Å². The molecular weight excluding hydrogens is 440 g/mol. The van der Waals surface area contributed by atoms with E-state index in [1.807, 2.05) is 78.9 Å². The minimum Gasteiger partial charge on any atom is -0.395 e. The molecule has 0 radical (unpaired) electrons. The smallest absolute Gasteiger partial charge is 0.268 e. The molecule has 0 spiro atoms. The average Bonchev–Trinajstić information content (AvgIpc) is 3.12. The van der Waals surface area contributed by atoms with Gasteiger partial charge in [0.2, 0.25) is 5.91 Å². The molecular formula is C29H30N2O4. The van der Waals surface area contributed by atoms with E-state index in [-0.39, 0.29) is 25.5 Å². The first-order valence-corrected chi connectivity index (χ1v) is 11.8. The van der Waals surface area contributed by atoms with Gasteiger partial charge in [-0.1, -0.05) is 85.8 Å². The van der Waals surface area contributed by atoms with Crippen molar-refractivity contribution in [2.75, 3.05) is 18.1 Å². The molecule has 1 heterocycles. The molecule has 6 nitrogen and oxygen atoms in total. The fourth-order valence-corrected chi connectivity index (χ4v) is 4.52. The van der Waals surface area contributed by atoms with Crippen molar-refractivity contribution in [1.29, 1.82) is 0 Å². The second kappa shape index (κ2) is 10.7. The third-order valence-corrected chi connectivity index (χ3v) is 6.41. The van der Waals surface area contributed by atoms with E-state index >= 15 is 0 Å². The molecule has 0 aromatic heterocycles. The first-order valence-electron chi connectivity index (χ1n) is 11.8. The van der Waals surface area contributed by atoms with Crippen LogP contribution in [0.15, 0.2) is 97.1 Å². The summed E-state index contributed by atoms with van der Waals surface area (Å²) in [5.74, 6) is -1.13. The van der Waals surface area contributed by atoms with Crippen LogP contribution in [0.4, 0.5) is 11.4 Å². The zero-order chi connectivity index (χ0) is 24.8. The van der Waals surface area contributed by atoms with E-state index in [1.54, 1.807) is 34.9 Å². The number of para-hydroxylation sites is 2. The van der Waals surface area contributed by atoms with Gasteiger partial charge in [0.25, 0.3) is 5.91 Å². The monoisotopic (exact) mass is 470 g/mol. The third kappa shape index (κ3) is 4.90. The van der Waals surface area contributed by atoms with Gasteiger partial charge in [-0.05, 0) is 23.8 Å². The van der Waals surface area contributed by atoms with Crippen LogP contribution in [0, 0.1) is 5.92 Å². The second-order valence-corrected chi connectivity index (χ2v) is 8.71. The number of aliphatic hydroxyl groups is 2. The number of fused-ring (bicyclic) bond motifs is 1. The minimum atomic E-state index is -1.75. The highest BCUT2D eigenvalue weighted by Gasteiger charge is 2.52. The molecule has 1 aliphatic rings. The van der Waals surface area contributed by atoms with Crippen LogP contribution < -0.4 is 4.90 Å². The number of amides is 2. The third-order valence-electron chi connectivity index (χ3n) is 6.41. The Morgan fingerprint density at radius 3 is 2.31 bits per heavy atom. The van der Waals surface area contributed by atoms with Crippen LogP contribution in [-0.2, 0) is 21.7 Å². The molecule has 0 aliphatic carbocycles. The van der Waals surface area contributed by atoms with Gasteiger partial charge in [-0.2, -0.15) is 0 Å². The molecule has 2 N–H and O–H groups in total. The molecule has 180 valence electrons. The van der Waals surface area contributed by atoms with E-state index in [2.05, 4.69) is 0 Å². The van der Waals surface area contributed by atoms with Crippen molar-refractivity contribution in [3.63, 3.8) is 0 Å². The summed E-state index contributed by atoms with van der Waals surface area (Å²) >= 11 is 0. The highest BCUT2D eigenvalue weighted by Crippen LogP contribution is 2.47. The van der Waals surface area contributed by atoms with Gasteiger partial charge in [-0.15, -0.1) is 0 Å². The number of aliphatic hydroxyl groups excluding tert-OH is 1. The number of benzene rings is 3. The van der Waals surface area contributed by atoms with Gasteiger partial charge < -0.3 is 15.1 Å². The predicted octanol–water partition coefficient (Wildman–Crippen LogP) is 4.16. The van der Waals surface area contributed by atoms with Crippen molar-refractivity contribution in [3.05, 3.63) is 108 Å². The highest BCUT2D eigenvalue weighted by atomic mass is 16.3. The molecule has 35 heavy (non-hydrogen) atoms. The number of hydrogen-bond donors (Lipinski definition) is 2. The maximum Gasteiger partial charge on any atom is 0.268 e. The van der Waals surface area contributed by atoms with Gasteiger partial charge in [-0.25, -0.2) is 0 Å². The van der Waals surface area contributed by atoms with E-state index < -0.39 is 17.4 Å². The molecule has 0 saturated carbocycles. The fourth-order valence-electron chi connectivity index (χ4n) is 4.52. The number of anilines is 2. The van der Waals surface area contributed by atoms with Gasteiger partial charge >= 0.3 is 0 Å². The van der Waals surface area contributed by atoms with Gasteiger partial charge in [0.15, 0.2) is 5.60 Å².